The summed E-state index contributed by atoms with van der Waals surface area (Å²) < 4.78 is 9.90. The van der Waals surface area contributed by atoms with Crippen LogP contribution in [0.25, 0.3) is 0 Å². The average molecular weight is 361 g/mol. The maximum Gasteiger partial charge on any atom is 0.310 e. The molecule has 1 aromatic carbocycles. The average Bonchev–Trinajstić information content (AvgIpc) is 2.46. The number of carbonyl (C=O) groups excluding carboxylic acids is 1. The van der Waals surface area contributed by atoms with Gasteiger partial charge in [0.05, 0.1) is 18.6 Å². The summed E-state index contributed by atoms with van der Waals surface area (Å²) in [4.78, 5) is 22.3. The summed E-state index contributed by atoms with van der Waals surface area (Å²) in [5.74, 6) is -0.245. The van der Waals surface area contributed by atoms with Crippen LogP contribution < -0.4 is 10.1 Å². The van der Waals surface area contributed by atoms with Gasteiger partial charge in [0.2, 0.25) is 0 Å². The second-order valence-electron chi connectivity index (χ2n) is 4.24. The lowest BCUT2D eigenvalue weighted by Gasteiger charge is -2.10. The van der Waals surface area contributed by atoms with Crippen molar-refractivity contribution >= 4 is 27.5 Å². The van der Waals surface area contributed by atoms with Crippen LogP contribution in [0.15, 0.2) is 18.2 Å². The van der Waals surface area contributed by atoms with Gasteiger partial charge in [0.25, 0.3) is 5.91 Å². The summed E-state index contributed by atoms with van der Waals surface area (Å²) in [6, 6.07) is 4.01. The molecule has 0 saturated carbocycles. The highest BCUT2D eigenvalue weighted by atomic mass is 79.9. The quantitative estimate of drug-likeness (QED) is 0.435. The fraction of sp³-hybridized carbons (Fsp3) is 0.462. The Morgan fingerprint density at radius 1 is 1.48 bits per heavy atom. The summed E-state index contributed by atoms with van der Waals surface area (Å²) in [5, 5.41) is 13.5. The molecule has 1 rings (SSSR count). The van der Waals surface area contributed by atoms with E-state index < -0.39 is 4.92 Å². The molecule has 0 aliphatic heterocycles. The van der Waals surface area contributed by atoms with Gasteiger partial charge in [-0.1, -0.05) is 15.9 Å². The predicted octanol–water partition coefficient (Wildman–Crippen LogP) is 2.13. The fourth-order valence-corrected chi connectivity index (χ4v) is 2.17. The van der Waals surface area contributed by atoms with Crippen molar-refractivity contribution in [2.45, 2.75) is 11.2 Å². The zero-order chi connectivity index (χ0) is 15.8. The predicted molar refractivity (Wildman–Crippen MR) is 81.2 cm³/mol. The Labute approximate surface area is 130 Å². The third-order valence-corrected chi connectivity index (χ3v) is 3.45. The van der Waals surface area contributed by atoms with Crippen LogP contribution in [0.5, 0.6) is 5.75 Å². The van der Waals surface area contributed by atoms with Gasteiger partial charge in [0.15, 0.2) is 5.75 Å². The minimum atomic E-state index is -0.555. The molecule has 1 amide bonds. The maximum absolute atomic E-state index is 12.0. The molecule has 21 heavy (non-hydrogen) atoms. The molecule has 1 N–H and O–H groups in total. The van der Waals surface area contributed by atoms with E-state index in [-0.39, 0.29) is 22.2 Å². The van der Waals surface area contributed by atoms with E-state index in [0.717, 1.165) is 0 Å². The van der Waals surface area contributed by atoms with Crippen LogP contribution in [0.2, 0.25) is 0 Å². The zero-order valence-corrected chi connectivity index (χ0v) is 13.4. The van der Waals surface area contributed by atoms with Crippen molar-refractivity contribution in [1.29, 1.82) is 0 Å². The van der Waals surface area contributed by atoms with Crippen molar-refractivity contribution in [2.24, 2.45) is 0 Å². The molecule has 0 radical (unpaired) electrons. The number of rotatable bonds is 8. The summed E-state index contributed by atoms with van der Waals surface area (Å²) in [6.07, 6.45) is 0.712. The van der Waals surface area contributed by atoms with Gasteiger partial charge in [-0.05, 0) is 12.5 Å². The Bertz CT molecular complexity index is 509. The van der Waals surface area contributed by atoms with E-state index in [1.807, 2.05) is 0 Å². The maximum atomic E-state index is 12.0. The third-order valence-electron chi connectivity index (χ3n) is 2.73. The molecular weight excluding hydrogens is 344 g/mol. The van der Waals surface area contributed by atoms with Gasteiger partial charge in [-0.2, -0.15) is 0 Å². The van der Waals surface area contributed by atoms with Gasteiger partial charge in [0, 0.05) is 36.2 Å². The molecule has 0 aliphatic carbocycles. The van der Waals surface area contributed by atoms with Crippen LogP contribution in [0.4, 0.5) is 5.69 Å². The van der Waals surface area contributed by atoms with Crippen LogP contribution in [0.1, 0.15) is 16.8 Å². The number of carbonyl (C=O) groups is 1. The lowest BCUT2D eigenvalue weighted by molar-refractivity contribution is -0.385. The number of nitrogens with one attached hydrogen (secondary N) is 1. The smallest absolute Gasteiger partial charge is 0.310 e. The van der Waals surface area contributed by atoms with E-state index in [0.29, 0.717) is 25.1 Å². The first-order chi connectivity index (χ1) is 9.99. The molecule has 0 bridgehead atoms. The Morgan fingerprint density at radius 2 is 2.19 bits per heavy atom. The van der Waals surface area contributed by atoms with Gasteiger partial charge in [-0.3, -0.25) is 14.9 Å². The number of alkyl halides is 1. The van der Waals surface area contributed by atoms with Gasteiger partial charge in [0.1, 0.15) is 0 Å². The molecule has 7 nitrogen and oxygen atoms in total. The van der Waals surface area contributed by atoms with Gasteiger partial charge in [-0.25, -0.2) is 0 Å². The second-order valence-corrected chi connectivity index (χ2v) is 5.54. The first kappa shape index (κ1) is 17.4. The Morgan fingerprint density at radius 3 is 2.76 bits per heavy atom. The Hall–Kier alpha value is -1.67. The molecule has 8 heteroatoms. The molecule has 1 unspecified atom stereocenters. The van der Waals surface area contributed by atoms with Crippen molar-refractivity contribution in [3.8, 4) is 5.75 Å². The molecule has 0 aromatic heterocycles. The van der Waals surface area contributed by atoms with Crippen molar-refractivity contribution in [1.82, 2.24) is 5.32 Å². The summed E-state index contributed by atoms with van der Waals surface area (Å²) >= 11 is 3.42. The second kappa shape index (κ2) is 8.58. The number of nitro benzene ring substituents is 1. The van der Waals surface area contributed by atoms with Crippen molar-refractivity contribution in [3.63, 3.8) is 0 Å². The van der Waals surface area contributed by atoms with Crippen molar-refractivity contribution in [3.05, 3.63) is 33.9 Å². The molecule has 0 saturated heterocycles. The first-order valence-electron chi connectivity index (χ1n) is 6.23. The molecule has 0 fully saturated rings. The molecule has 0 aliphatic rings. The van der Waals surface area contributed by atoms with Gasteiger partial charge >= 0.3 is 5.69 Å². The highest BCUT2D eigenvalue weighted by Gasteiger charge is 2.17. The van der Waals surface area contributed by atoms with E-state index in [1.54, 1.807) is 7.11 Å². The lowest BCUT2D eigenvalue weighted by Crippen LogP contribution is -2.26. The number of benzene rings is 1. The minimum Gasteiger partial charge on any atom is -0.490 e. The van der Waals surface area contributed by atoms with Gasteiger partial charge in [-0.15, -0.1) is 0 Å². The van der Waals surface area contributed by atoms with Crippen LogP contribution in [-0.4, -0.2) is 43.0 Å². The van der Waals surface area contributed by atoms with Gasteiger partial charge < -0.3 is 14.8 Å². The van der Waals surface area contributed by atoms with Crippen molar-refractivity contribution < 1.29 is 19.2 Å². The Balaban J connectivity index is 2.64. The number of methoxy groups -OCH3 is 2. The number of nitro groups is 1. The number of halogens is 1. The summed E-state index contributed by atoms with van der Waals surface area (Å²) in [6.45, 7) is 1.03. The van der Waals surface area contributed by atoms with E-state index >= 15 is 0 Å². The molecule has 1 atom stereocenters. The summed E-state index contributed by atoms with van der Waals surface area (Å²) in [7, 11) is 2.93. The SMILES string of the molecule is COCC(Br)CCNC(=O)c1ccc([N+](=O)[O-])c(OC)c1. The van der Waals surface area contributed by atoms with Crippen LogP contribution >= 0.6 is 15.9 Å². The van der Waals surface area contributed by atoms with Crippen LogP contribution in [0, 0.1) is 10.1 Å². The lowest BCUT2D eigenvalue weighted by atomic mass is 10.1. The monoisotopic (exact) mass is 360 g/mol. The Kier molecular flexibility index (Phi) is 7.10. The molecule has 0 spiro atoms. The molecule has 0 heterocycles. The number of amides is 1. The van der Waals surface area contributed by atoms with Crippen LogP contribution in [0.3, 0.4) is 0 Å². The molecule has 116 valence electrons. The number of ether oxygens (including phenoxy) is 2. The third kappa shape index (κ3) is 5.31. The normalized spacial score (nSPS) is 11.8. The standard InChI is InChI=1S/C13H17BrN2O5/c1-20-8-10(14)5-6-15-13(17)9-3-4-11(16(18)19)12(7-9)21-2/h3-4,7,10H,5-6,8H2,1-2H3,(H,15,17). The fourth-order valence-electron chi connectivity index (χ4n) is 1.68. The zero-order valence-electron chi connectivity index (χ0n) is 11.8. The van der Waals surface area contributed by atoms with E-state index in [2.05, 4.69) is 21.2 Å². The minimum absolute atomic E-state index is 0.0606. The highest BCUT2D eigenvalue weighted by molar-refractivity contribution is 9.09. The number of nitrogens with zero attached hydrogens (tertiary/aromatic N) is 1. The number of hydrogen-bond acceptors (Lipinski definition) is 5. The largest absolute Gasteiger partial charge is 0.490 e. The van der Waals surface area contributed by atoms with E-state index in [9.17, 15) is 14.9 Å². The van der Waals surface area contributed by atoms with Crippen LogP contribution in [-0.2, 0) is 4.74 Å². The molecule has 1 aromatic rings. The summed E-state index contributed by atoms with van der Waals surface area (Å²) in [5.41, 5.74) is 0.144. The highest BCUT2D eigenvalue weighted by Crippen LogP contribution is 2.27. The first-order valence-corrected chi connectivity index (χ1v) is 7.14. The number of hydrogen-bond donors (Lipinski definition) is 1. The van der Waals surface area contributed by atoms with E-state index in [4.69, 9.17) is 9.47 Å². The molecular formula is C13H17BrN2O5. The topological polar surface area (TPSA) is 90.7 Å². The van der Waals surface area contributed by atoms with Crippen molar-refractivity contribution in [2.75, 3.05) is 27.4 Å². The van der Waals surface area contributed by atoms with E-state index in [1.165, 1.54) is 25.3 Å².